The summed E-state index contributed by atoms with van der Waals surface area (Å²) in [6.07, 6.45) is 3.61. The molecule has 0 aliphatic carbocycles. The predicted octanol–water partition coefficient (Wildman–Crippen LogP) is 4.02. The average Bonchev–Trinajstić information content (AvgIpc) is 2.48. The molecule has 1 rings (SSSR count). The van der Waals surface area contributed by atoms with Crippen molar-refractivity contribution < 1.29 is 14.3 Å². The van der Waals surface area contributed by atoms with Gasteiger partial charge in [0.1, 0.15) is 11.4 Å². The molecule has 5 heteroatoms. The van der Waals surface area contributed by atoms with Gasteiger partial charge in [0, 0.05) is 6.54 Å². The van der Waals surface area contributed by atoms with Crippen molar-refractivity contribution in [1.29, 1.82) is 5.26 Å². The number of unbranched alkanes of at least 4 members (excludes halogenated alkanes) is 3. The number of nitriles is 1. The third-order valence-electron chi connectivity index (χ3n) is 2.99. The number of nitrogens with zero attached hydrogens (tertiary/aromatic N) is 1. The standard InChI is InChI=1S/C18H26N2O3/c1-18(2,3)23-17(21)20-12-6-4-5-7-13-22-16-10-8-15(14-19)9-11-16/h8-11H,4-7,12-13H2,1-3H3,(H,20,21). The number of rotatable bonds is 8. The zero-order valence-corrected chi connectivity index (χ0v) is 14.2. The Morgan fingerprint density at radius 2 is 1.78 bits per heavy atom. The van der Waals surface area contributed by atoms with Crippen molar-refractivity contribution >= 4 is 6.09 Å². The van der Waals surface area contributed by atoms with Gasteiger partial charge in [-0.2, -0.15) is 5.26 Å². The fourth-order valence-corrected chi connectivity index (χ4v) is 1.90. The summed E-state index contributed by atoms with van der Waals surface area (Å²) in [4.78, 5) is 11.4. The molecular weight excluding hydrogens is 292 g/mol. The van der Waals surface area contributed by atoms with E-state index in [4.69, 9.17) is 14.7 Å². The lowest BCUT2D eigenvalue weighted by Crippen LogP contribution is -2.32. The van der Waals surface area contributed by atoms with E-state index in [0.29, 0.717) is 18.7 Å². The Morgan fingerprint density at radius 1 is 1.13 bits per heavy atom. The number of hydrogen-bond acceptors (Lipinski definition) is 4. The van der Waals surface area contributed by atoms with Gasteiger partial charge in [0.25, 0.3) is 0 Å². The Kier molecular flexibility index (Phi) is 7.96. The zero-order chi connectivity index (χ0) is 17.1. The van der Waals surface area contributed by atoms with Crippen LogP contribution in [0.3, 0.4) is 0 Å². The number of carbonyl (C=O) groups excluding carboxylic acids is 1. The average molecular weight is 318 g/mol. The number of benzene rings is 1. The third-order valence-corrected chi connectivity index (χ3v) is 2.99. The molecule has 0 aliphatic heterocycles. The molecule has 0 aromatic heterocycles. The summed E-state index contributed by atoms with van der Waals surface area (Å²) in [5.41, 5.74) is 0.183. The maximum absolute atomic E-state index is 11.4. The van der Waals surface area contributed by atoms with E-state index < -0.39 is 5.60 Å². The molecule has 1 amide bonds. The lowest BCUT2D eigenvalue weighted by Gasteiger charge is -2.19. The van der Waals surface area contributed by atoms with Crippen LogP contribution in [0, 0.1) is 11.3 Å². The van der Waals surface area contributed by atoms with Crippen molar-refractivity contribution in [3.63, 3.8) is 0 Å². The number of nitrogens with one attached hydrogen (secondary N) is 1. The van der Waals surface area contributed by atoms with Gasteiger partial charge in [-0.3, -0.25) is 0 Å². The Labute approximate surface area is 138 Å². The van der Waals surface area contributed by atoms with Gasteiger partial charge in [-0.25, -0.2) is 4.79 Å². The Bertz CT molecular complexity index is 513. The van der Waals surface area contributed by atoms with Gasteiger partial charge in [-0.1, -0.05) is 12.8 Å². The van der Waals surface area contributed by atoms with Crippen LogP contribution in [0.5, 0.6) is 5.75 Å². The molecule has 1 aromatic carbocycles. The lowest BCUT2D eigenvalue weighted by atomic mass is 10.2. The van der Waals surface area contributed by atoms with Gasteiger partial charge in [0.05, 0.1) is 18.2 Å². The normalized spacial score (nSPS) is 10.7. The highest BCUT2D eigenvalue weighted by molar-refractivity contribution is 5.67. The largest absolute Gasteiger partial charge is 0.494 e. The quantitative estimate of drug-likeness (QED) is 0.735. The second-order valence-electron chi connectivity index (χ2n) is 6.33. The molecule has 0 atom stereocenters. The van der Waals surface area contributed by atoms with Crippen molar-refractivity contribution in [3.8, 4) is 11.8 Å². The fraction of sp³-hybridized carbons (Fsp3) is 0.556. The molecular formula is C18H26N2O3. The molecule has 126 valence electrons. The van der Waals surface area contributed by atoms with E-state index in [1.807, 2.05) is 32.9 Å². The van der Waals surface area contributed by atoms with Crippen LogP contribution >= 0.6 is 0 Å². The van der Waals surface area contributed by atoms with E-state index in [-0.39, 0.29) is 6.09 Å². The van der Waals surface area contributed by atoms with Crippen LogP contribution in [0.15, 0.2) is 24.3 Å². The summed E-state index contributed by atoms with van der Waals surface area (Å²) < 4.78 is 10.8. The van der Waals surface area contributed by atoms with Crippen LogP contribution in [-0.2, 0) is 4.74 Å². The maximum atomic E-state index is 11.4. The zero-order valence-electron chi connectivity index (χ0n) is 14.2. The second kappa shape index (κ2) is 9.73. The van der Waals surface area contributed by atoms with Crippen LogP contribution in [0.25, 0.3) is 0 Å². The van der Waals surface area contributed by atoms with Gasteiger partial charge in [-0.15, -0.1) is 0 Å². The van der Waals surface area contributed by atoms with Crippen molar-refractivity contribution in [2.24, 2.45) is 0 Å². The van der Waals surface area contributed by atoms with Crippen molar-refractivity contribution in [1.82, 2.24) is 5.32 Å². The Morgan fingerprint density at radius 3 is 2.39 bits per heavy atom. The topological polar surface area (TPSA) is 71.3 Å². The first-order valence-corrected chi connectivity index (χ1v) is 8.00. The first-order valence-electron chi connectivity index (χ1n) is 8.00. The van der Waals surface area contributed by atoms with Crippen LogP contribution in [0.2, 0.25) is 0 Å². The smallest absolute Gasteiger partial charge is 0.407 e. The predicted molar refractivity (Wildman–Crippen MR) is 89.4 cm³/mol. The van der Waals surface area contributed by atoms with E-state index in [2.05, 4.69) is 11.4 Å². The number of alkyl carbamates (subject to hydrolysis) is 1. The van der Waals surface area contributed by atoms with Gasteiger partial charge >= 0.3 is 6.09 Å². The van der Waals surface area contributed by atoms with Gasteiger partial charge in [0.15, 0.2) is 0 Å². The van der Waals surface area contributed by atoms with Gasteiger partial charge < -0.3 is 14.8 Å². The summed E-state index contributed by atoms with van der Waals surface area (Å²) in [5.74, 6) is 0.788. The Hall–Kier alpha value is -2.22. The molecule has 1 N–H and O–H groups in total. The van der Waals surface area contributed by atoms with Crippen LogP contribution in [0.1, 0.15) is 52.0 Å². The van der Waals surface area contributed by atoms with E-state index in [0.717, 1.165) is 31.4 Å². The van der Waals surface area contributed by atoms with Gasteiger partial charge in [0.2, 0.25) is 0 Å². The fourth-order valence-electron chi connectivity index (χ4n) is 1.90. The number of carbonyl (C=O) groups is 1. The maximum Gasteiger partial charge on any atom is 0.407 e. The molecule has 0 aliphatic rings. The highest BCUT2D eigenvalue weighted by Gasteiger charge is 2.15. The van der Waals surface area contributed by atoms with E-state index in [1.165, 1.54) is 0 Å². The number of ether oxygens (including phenoxy) is 2. The molecule has 0 bridgehead atoms. The van der Waals surface area contributed by atoms with Crippen molar-refractivity contribution in [2.75, 3.05) is 13.2 Å². The SMILES string of the molecule is CC(C)(C)OC(=O)NCCCCCCOc1ccc(C#N)cc1. The highest BCUT2D eigenvalue weighted by Crippen LogP contribution is 2.12. The van der Waals surface area contributed by atoms with Crippen molar-refractivity contribution in [3.05, 3.63) is 29.8 Å². The molecule has 23 heavy (non-hydrogen) atoms. The molecule has 0 heterocycles. The highest BCUT2D eigenvalue weighted by atomic mass is 16.6. The van der Waals surface area contributed by atoms with Crippen LogP contribution in [0.4, 0.5) is 4.79 Å². The minimum Gasteiger partial charge on any atom is -0.494 e. The van der Waals surface area contributed by atoms with Crippen LogP contribution < -0.4 is 10.1 Å². The molecule has 0 saturated carbocycles. The molecule has 0 radical (unpaired) electrons. The van der Waals surface area contributed by atoms with E-state index in [9.17, 15) is 4.79 Å². The van der Waals surface area contributed by atoms with Gasteiger partial charge in [-0.05, 0) is 57.9 Å². The molecule has 0 saturated heterocycles. The molecule has 0 unspecified atom stereocenters. The minimum atomic E-state index is -0.452. The van der Waals surface area contributed by atoms with E-state index in [1.54, 1.807) is 12.1 Å². The van der Waals surface area contributed by atoms with Crippen LogP contribution in [-0.4, -0.2) is 24.8 Å². The summed E-state index contributed by atoms with van der Waals surface area (Å²) >= 11 is 0. The molecule has 5 nitrogen and oxygen atoms in total. The number of amides is 1. The van der Waals surface area contributed by atoms with Crippen molar-refractivity contribution in [2.45, 2.75) is 52.1 Å². The molecule has 0 spiro atoms. The first-order chi connectivity index (χ1) is 10.9. The lowest BCUT2D eigenvalue weighted by molar-refractivity contribution is 0.0527. The summed E-state index contributed by atoms with van der Waals surface area (Å²) in [5, 5.41) is 11.5. The first kappa shape index (κ1) is 18.8. The number of hydrogen-bond donors (Lipinski definition) is 1. The monoisotopic (exact) mass is 318 g/mol. The molecule has 1 aromatic rings. The minimum absolute atomic E-state index is 0.360. The Balaban J connectivity index is 1.99. The molecule has 0 fully saturated rings. The second-order valence-corrected chi connectivity index (χ2v) is 6.33. The summed E-state index contributed by atoms with van der Waals surface area (Å²) in [6, 6.07) is 9.19. The summed E-state index contributed by atoms with van der Waals surface area (Å²) in [6.45, 7) is 6.83. The third kappa shape index (κ3) is 9.41. The summed E-state index contributed by atoms with van der Waals surface area (Å²) in [7, 11) is 0. The van der Waals surface area contributed by atoms with E-state index >= 15 is 0 Å².